The van der Waals surface area contributed by atoms with Crippen LogP contribution in [0.25, 0.3) is 44.6 Å². The first-order valence-electron chi connectivity index (χ1n) is 18.4. The van der Waals surface area contributed by atoms with E-state index >= 15 is 0 Å². The Labute approximate surface area is 315 Å². The zero-order chi connectivity index (χ0) is 36.8. The highest BCUT2D eigenvalue weighted by molar-refractivity contribution is 5.99. The van der Waals surface area contributed by atoms with Crippen LogP contribution in [-0.4, -0.2) is 9.91 Å². The molecule has 1 aliphatic heterocycles. The van der Waals surface area contributed by atoms with Crippen LogP contribution in [0.5, 0.6) is 0 Å². The van der Waals surface area contributed by atoms with Gasteiger partial charge in [-0.25, -0.2) is 4.98 Å². The van der Waals surface area contributed by atoms with Crippen molar-refractivity contribution in [3.05, 3.63) is 214 Å². The molecule has 5 nitrogen and oxygen atoms in total. The molecule has 1 unspecified atom stereocenters. The second-order valence-electron chi connectivity index (χ2n) is 13.7. The van der Waals surface area contributed by atoms with E-state index in [4.69, 9.17) is 4.98 Å². The van der Waals surface area contributed by atoms with Crippen molar-refractivity contribution in [2.45, 2.75) is 25.7 Å². The average molecular weight is 700 g/mol. The van der Waals surface area contributed by atoms with Crippen LogP contribution in [0.15, 0.2) is 187 Å². The van der Waals surface area contributed by atoms with Crippen molar-refractivity contribution in [1.82, 2.24) is 4.98 Å². The van der Waals surface area contributed by atoms with Gasteiger partial charge in [0.25, 0.3) is 5.69 Å². The Bertz CT molecular complexity index is 2590. The summed E-state index contributed by atoms with van der Waals surface area (Å²) in [4.78, 5) is 19.9. The molecule has 260 valence electrons. The Morgan fingerprint density at radius 3 is 1.98 bits per heavy atom. The molecule has 0 radical (unpaired) electrons. The molecule has 9 rings (SSSR count). The molecule has 0 N–H and O–H groups in total. The number of allylic oxidation sites excluding steroid dienone is 4. The molecule has 54 heavy (non-hydrogen) atoms. The van der Waals surface area contributed by atoms with E-state index in [1.165, 1.54) is 0 Å². The molecule has 1 atom stereocenters. The van der Waals surface area contributed by atoms with Crippen molar-refractivity contribution in [3.63, 3.8) is 0 Å². The van der Waals surface area contributed by atoms with E-state index in [2.05, 4.69) is 152 Å². The first-order valence-corrected chi connectivity index (χ1v) is 18.4. The Morgan fingerprint density at radius 2 is 1.26 bits per heavy atom. The van der Waals surface area contributed by atoms with Crippen LogP contribution < -0.4 is 4.90 Å². The van der Waals surface area contributed by atoms with Gasteiger partial charge in [0.2, 0.25) is 0 Å². The van der Waals surface area contributed by atoms with Gasteiger partial charge < -0.3 is 0 Å². The lowest BCUT2D eigenvalue weighted by molar-refractivity contribution is -0.384. The van der Waals surface area contributed by atoms with Crippen LogP contribution in [0.1, 0.15) is 37.0 Å². The molecule has 1 spiro atoms. The number of pyridine rings is 1. The summed E-state index contributed by atoms with van der Waals surface area (Å²) >= 11 is 0. The summed E-state index contributed by atoms with van der Waals surface area (Å²) in [5.41, 5.74) is 13.9. The number of fused-ring (bicyclic) bond motifs is 7. The molecular weight excluding hydrogens is 663 g/mol. The van der Waals surface area contributed by atoms with Crippen LogP contribution in [0.4, 0.5) is 17.2 Å². The van der Waals surface area contributed by atoms with Crippen LogP contribution in [-0.2, 0) is 5.41 Å². The minimum absolute atomic E-state index is 0.0941. The number of anilines is 2. The first-order chi connectivity index (χ1) is 26.6. The van der Waals surface area contributed by atoms with Crippen molar-refractivity contribution in [2.75, 3.05) is 4.90 Å². The second kappa shape index (κ2) is 13.3. The third-order valence-electron chi connectivity index (χ3n) is 10.9. The zero-order valence-electron chi connectivity index (χ0n) is 30.1. The molecule has 5 heteroatoms. The number of hydrogen-bond acceptors (Lipinski definition) is 4. The van der Waals surface area contributed by atoms with Crippen molar-refractivity contribution in [3.8, 4) is 44.6 Å². The quantitative estimate of drug-likeness (QED) is 0.123. The number of para-hydroxylation sites is 2. The van der Waals surface area contributed by atoms with Gasteiger partial charge in [0.05, 0.1) is 27.3 Å². The molecule has 1 aromatic heterocycles. The predicted octanol–water partition coefficient (Wildman–Crippen LogP) is 12.7. The van der Waals surface area contributed by atoms with Crippen molar-refractivity contribution < 1.29 is 4.92 Å². The van der Waals surface area contributed by atoms with Gasteiger partial charge in [0.1, 0.15) is 5.82 Å². The molecule has 6 aromatic carbocycles. The molecular formula is C49H37N3O2. The highest BCUT2D eigenvalue weighted by atomic mass is 16.6. The van der Waals surface area contributed by atoms with Crippen LogP contribution in [0.2, 0.25) is 0 Å². The maximum atomic E-state index is 12.4. The van der Waals surface area contributed by atoms with Gasteiger partial charge in [0, 0.05) is 17.3 Å². The standard InChI is InChI=1S/C49H37N3O2/c1-3-18-40-44(4-2)51(47-32-35(33-19-7-5-8-20-33)31-43(50-47)34-21-9-6-10-22-34)46-30-16-14-27-41(46)49(40)39-26-13-11-24-38(39)48-37(25-17-28-42(48)49)36-23-12-15-29-45(36)52(53)54/h3,5-32H,4H2,1-2H3/b18-3-. The third kappa shape index (κ3) is 4.96. The molecule has 1 aliphatic carbocycles. The third-order valence-corrected chi connectivity index (χ3v) is 10.9. The van der Waals surface area contributed by atoms with Gasteiger partial charge >= 0.3 is 0 Å². The lowest BCUT2D eigenvalue weighted by atomic mass is 9.63. The van der Waals surface area contributed by atoms with Crippen molar-refractivity contribution in [1.29, 1.82) is 0 Å². The topological polar surface area (TPSA) is 59.3 Å². The first kappa shape index (κ1) is 33.0. The number of nitrogens with zero attached hydrogens (tertiary/aromatic N) is 3. The van der Waals surface area contributed by atoms with E-state index in [0.29, 0.717) is 5.56 Å². The maximum absolute atomic E-state index is 12.4. The van der Waals surface area contributed by atoms with Gasteiger partial charge in [-0.05, 0) is 87.7 Å². The monoisotopic (exact) mass is 699 g/mol. The highest BCUT2D eigenvalue weighted by Crippen LogP contribution is 2.63. The highest BCUT2D eigenvalue weighted by Gasteiger charge is 2.52. The Kier molecular flexibility index (Phi) is 8.12. The van der Waals surface area contributed by atoms with Gasteiger partial charge in [-0.1, -0.05) is 153 Å². The lowest BCUT2D eigenvalue weighted by Crippen LogP contribution is -2.38. The molecule has 2 aliphatic rings. The Morgan fingerprint density at radius 1 is 0.648 bits per heavy atom. The Hall–Kier alpha value is -6.85. The van der Waals surface area contributed by atoms with Crippen LogP contribution >= 0.6 is 0 Å². The maximum Gasteiger partial charge on any atom is 0.277 e. The number of benzene rings is 6. The van der Waals surface area contributed by atoms with Crippen LogP contribution in [0, 0.1) is 10.1 Å². The van der Waals surface area contributed by atoms with E-state index in [1.807, 2.05) is 30.3 Å². The largest absolute Gasteiger partial charge is 0.298 e. The SMILES string of the molecule is C/C=C\C1=C(CC)N(c2cc(-c3ccccc3)cc(-c3ccccc3)n2)c2ccccc2C12c1ccccc1-c1c(-c3ccccc3[N+](=O)[O-])cccc12. The fourth-order valence-electron chi connectivity index (χ4n) is 8.79. The number of hydrogen-bond donors (Lipinski definition) is 0. The predicted molar refractivity (Wildman–Crippen MR) is 220 cm³/mol. The molecule has 7 aromatic rings. The summed E-state index contributed by atoms with van der Waals surface area (Å²) < 4.78 is 0. The molecule has 0 saturated heterocycles. The smallest absolute Gasteiger partial charge is 0.277 e. The summed E-state index contributed by atoms with van der Waals surface area (Å²) in [6.07, 6.45) is 5.13. The van der Waals surface area contributed by atoms with Crippen molar-refractivity contribution in [2.24, 2.45) is 0 Å². The summed E-state index contributed by atoms with van der Waals surface area (Å²) in [6.45, 7) is 4.30. The molecule has 0 saturated carbocycles. The summed E-state index contributed by atoms with van der Waals surface area (Å²) in [5.74, 6) is 0.844. The van der Waals surface area contributed by atoms with Crippen molar-refractivity contribution >= 4 is 17.2 Å². The molecule has 0 bridgehead atoms. The second-order valence-corrected chi connectivity index (χ2v) is 13.7. The summed E-state index contributed by atoms with van der Waals surface area (Å²) in [5, 5.41) is 12.4. The minimum atomic E-state index is -0.699. The average Bonchev–Trinajstić information content (AvgIpc) is 3.53. The summed E-state index contributed by atoms with van der Waals surface area (Å²) in [7, 11) is 0. The van der Waals surface area contributed by atoms with Gasteiger partial charge in [-0.15, -0.1) is 0 Å². The van der Waals surface area contributed by atoms with E-state index in [0.717, 1.165) is 85.0 Å². The molecule has 2 heterocycles. The van der Waals surface area contributed by atoms with E-state index in [9.17, 15) is 10.1 Å². The lowest BCUT2D eigenvalue weighted by Gasteiger charge is -2.45. The number of nitro groups is 1. The van der Waals surface area contributed by atoms with Gasteiger partial charge in [0.15, 0.2) is 0 Å². The fraction of sp³-hybridized carbons (Fsp3) is 0.0816. The van der Waals surface area contributed by atoms with Crippen LogP contribution in [0.3, 0.4) is 0 Å². The van der Waals surface area contributed by atoms with E-state index in [1.54, 1.807) is 12.1 Å². The van der Waals surface area contributed by atoms with Gasteiger partial charge in [-0.3, -0.25) is 15.0 Å². The summed E-state index contributed by atoms with van der Waals surface area (Å²) in [6, 6.07) is 55.9. The van der Waals surface area contributed by atoms with E-state index in [-0.39, 0.29) is 10.6 Å². The Balaban J connectivity index is 1.38. The van der Waals surface area contributed by atoms with E-state index < -0.39 is 5.41 Å². The fourth-order valence-corrected chi connectivity index (χ4v) is 8.79. The number of nitro benzene ring substituents is 1. The number of rotatable bonds is 7. The molecule has 0 fully saturated rings. The minimum Gasteiger partial charge on any atom is -0.298 e. The van der Waals surface area contributed by atoms with Gasteiger partial charge in [-0.2, -0.15) is 0 Å². The normalized spacial score (nSPS) is 15.7. The molecule has 0 amide bonds. The number of aromatic nitrogens is 1. The zero-order valence-corrected chi connectivity index (χ0v) is 30.1.